The molecule has 0 spiro atoms. The van der Waals surface area contributed by atoms with Crippen LogP contribution in [0.2, 0.25) is 0 Å². The van der Waals surface area contributed by atoms with E-state index in [0.717, 1.165) is 63.0 Å². The number of aromatic nitrogens is 2. The van der Waals surface area contributed by atoms with Crippen LogP contribution in [0.4, 0.5) is 0 Å². The van der Waals surface area contributed by atoms with Gasteiger partial charge in [-0.25, -0.2) is 0 Å². The van der Waals surface area contributed by atoms with E-state index in [1.165, 1.54) is 6.42 Å². The Balaban J connectivity index is 1.48. The van der Waals surface area contributed by atoms with Crippen LogP contribution in [0.3, 0.4) is 0 Å². The number of piperazine rings is 1. The second-order valence-corrected chi connectivity index (χ2v) is 7.05. The summed E-state index contributed by atoms with van der Waals surface area (Å²) in [5.74, 6) is 0.180. The van der Waals surface area contributed by atoms with E-state index in [-0.39, 0.29) is 17.9 Å². The summed E-state index contributed by atoms with van der Waals surface area (Å²) in [6.45, 7) is 3.38. The highest BCUT2D eigenvalue weighted by atomic mass is 16.2. The molecular formula is C17H25N5O2. The lowest BCUT2D eigenvalue weighted by Gasteiger charge is -2.41. The standard InChI is InChI=1S/C17H25N5O2/c23-15-10-18-7-9-22(15)12-4-3-8-21(11-12)17(24)16-13-5-1-2-6-14(13)19-20-16/h12,18H,1-11H2,(H,19,20). The van der Waals surface area contributed by atoms with E-state index in [1.807, 2.05) is 9.80 Å². The molecule has 1 aromatic rings. The van der Waals surface area contributed by atoms with Crippen LogP contribution in [-0.4, -0.2) is 70.6 Å². The molecule has 2 saturated heterocycles. The lowest BCUT2D eigenvalue weighted by atomic mass is 9.95. The molecule has 7 nitrogen and oxygen atoms in total. The highest BCUT2D eigenvalue weighted by Crippen LogP contribution is 2.25. The molecule has 0 bridgehead atoms. The van der Waals surface area contributed by atoms with Crippen LogP contribution in [-0.2, 0) is 17.6 Å². The van der Waals surface area contributed by atoms with Crippen molar-refractivity contribution in [1.82, 2.24) is 25.3 Å². The van der Waals surface area contributed by atoms with Gasteiger partial charge in [-0.1, -0.05) is 0 Å². The molecule has 1 atom stereocenters. The number of likely N-dealkylation sites (tertiary alicyclic amines) is 1. The fourth-order valence-corrected chi connectivity index (χ4v) is 4.21. The summed E-state index contributed by atoms with van der Waals surface area (Å²) >= 11 is 0. The van der Waals surface area contributed by atoms with E-state index >= 15 is 0 Å². The van der Waals surface area contributed by atoms with Gasteiger partial charge in [-0.2, -0.15) is 5.10 Å². The Labute approximate surface area is 141 Å². The highest BCUT2D eigenvalue weighted by Gasteiger charge is 2.33. The van der Waals surface area contributed by atoms with Gasteiger partial charge in [0.2, 0.25) is 5.91 Å². The molecule has 130 valence electrons. The van der Waals surface area contributed by atoms with Crippen molar-refractivity contribution < 1.29 is 9.59 Å². The summed E-state index contributed by atoms with van der Waals surface area (Å²) in [6.07, 6.45) is 6.16. The number of fused-ring (bicyclic) bond motifs is 1. The molecule has 2 N–H and O–H groups in total. The molecule has 2 aliphatic heterocycles. The normalized spacial score (nSPS) is 24.8. The van der Waals surface area contributed by atoms with Crippen LogP contribution in [0.15, 0.2) is 0 Å². The molecular weight excluding hydrogens is 306 g/mol. The van der Waals surface area contributed by atoms with Gasteiger partial charge in [0.1, 0.15) is 0 Å². The predicted molar refractivity (Wildman–Crippen MR) is 88.7 cm³/mol. The molecule has 4 rings (SSSR count). The molecule has 3 heterocycles. The van der Waals surface area contributed by atoms with E-state index in [9.17, 15) is 9.59 Å². The first-order valence-corrected chi connectivity index (χ1v) is 9.09. The molecule has 0 saturated carbocycles. The second-order valence-electron chi connectivity index (χ2n) is 7.05. The number of rotatable bonds is 2. The number of carbonyl (C=O) groups is 2. The van der Waals surface area contributed by atoms with E-state index in [0.29, 0.717) is 18.8 Å². The van der Waals surface area contributed by atoms with E-state index in [1.54, 1.807) is 0 Å². The topological polar surface area (TPSA) is 81.3 Å². The minimum absolute atomic E-state index is 0.0293. The molecule has 24 heavy (non-hydrogen) atoms. The van der Waals surface area contributed by atoms with Crippen molar-refractivity contribution in [3.8, 4) is 0 Å². The van der Waals surface area contributed by atoms with E-state index < -0.39 is 0 Å². The number of hydrogen-bond acceptors (Lipinski definition) is 4. The fourth-order valence-electron chi connectivity index (χ4n) is 4.21. The summed E-state index contributed by atoms with van der Waals surface area (Å²) in [5, 5.41) is 10.5. The fraction of sp³-hybridized carbons (Fsp3) is 0.706. The number of amides is 2. The highest BCUT2D eigenvalue weighted by molar-refractivity contribution is 5.94. The molecule has 1 aliphatic carbocycles. The quantitative estimate of drug-likeness (QED) is 0.818. The average molecular weight is 331 g/mol. The Bertz CT molecular complexity index is 641. The third-order valence-corrected chi connectivity index (χ3v) is 5.51. The monoisotopic (exact) mass is 331 g/mol. The summed E-state index contributed by atoms with van der Waals surface area (Å²) in [6, 6.07) is 0.145. The second kappa shape index (κ2) is 6.55. The molecule has 1 unspecified atom stereocenters. The minimum Gasteiger partial charge on any atom is -0.336 e. The largest absolute Gasteiger partial charge is 0.336 e. The number of nitrogens with one attached hydrogen (secondary N) is 2. The summed E-state index contributed by atoms with van der Waals surface area (Å²) in [4.78, 5) is 29.0. The van der Waals surface area contributed by atoms with Gasteiger partial charge >= 0.3 is 0 Å². The maximum absolute atomic E-state index is 13.0. The maximum atomic E-state index is 13.0. The smallest absolute Gasteiger partial charge is 0.274 e. The van der Waals surface area contributed by atoms with Gasteiger partial charge in [0, 0.05) is 43.5 Å². The van der Waals surface area contributed by atoms with Crippen molar-refractivity contribution >= 4 is 11.8 Å². The zero-order chi connectivity index (χ0) is 16.5. The van der Waals surface area contributed by atoms with Crippen molar-refractivity contribution in [1.29, 1.82) is 0 Å². The maximum Gasteiger partial charge on any atom is 0.274 e. The van der Waals surface area contributed by atoms with Gasteiger partial charge in [-0.15, -0.1) is 0 Å². The van der Waals surface area contributed by atoms with E-state index in [4.69, 9.17) is 0 Å². The van der Waals surface area contributed by atoms with Gasteiger partial charge in [-0.3, -0.25) is 14.7 Å². The minimum atomic E-state index is 0.0293. The summed E-state index contributed by atoms with van der Waals surface area (Å²) < 4.78 is 0. The third-order valence-electron chi connectivity index (χ3n) is 5.51. The first-order chi connectivity index (χ1) is 11.7. The molecule has 7 heteroatoms. The van der Waals surface area contributed by atoms with Crippen molar-refractivity contribution in [3.05, 3.63) is 17.0 Å². The van der Waals surface area contributed by atoms with Crippen LogP contribution in [0, 0.1) is 0 Å². The number of carbonyl (C=O) groups excluding carboxylic acids is 2. The number of H-pyrrole nitrogens is 1. The lowest BCUT2D eigenvalue weighted by molar-refractivity contribution is -0.135. The SMILES string of the molecule is O=C(c1n[nH]c2c1CCCC2)N1CCCC(N2CCNCC2=O)C1. The molecule has 1 aromatic heterocycles. The summed E-state index contributed by atoms with van der Waals surface area (Å²) in [7, 11) is 0. The lowest BCUT2D eigenvalue weighted by Crippen LogP contribution is -2.57. The molecule has 3 aliphatic rings. The Morgan fingerprint density at radius 3 is 2.92 bits per heavy atom. The number of hydrogen-bond donors (Lipinski definition) is 2. The van der Waals surface area contributed by atoms with Gasteiger partial charge in [-0.05, 0) is 38.5 Å². The van der Waals surface area contributed by atoms with Gasteiger partial charge in [0.25, 0.3) is 5.91 Å². The predicted octanol–water partition coefficient (Wildman–Crippen LogP) is 0.325. The Hall–Kier alpha value is -1.89. The first kappa shape index (κ1) is 15.6. The van der Waals surface area contributed by atoms with Gasteiger partial charge in [0.15, 0.2) is 5.69 Å². The van der Waals surface area contributed by atoms with Crippen molar-refractivity contribution in [2.45, 2.75) is 44.6 Å². The Kier molecular flexibility index (Phi) is 4.26. The number of nitrogens with zero attached hydrogens (tertiary/aromatic N) is 3. The van der Waals surface area contributed by atoms with Crippen LogP contribution in [0.5, 0.6) is 0 Å². The zero-order valence-electron chi connectivity index (χ0n) is 14.0. The van der Waals surface area contributed by atoms with E-state index in [2.05, 4.69) is 15.5 Å². The Morgan fingerprint density at radius 2 is 2.04 bits per heavy atom. The third kappa shape index (κ3) is 2.81. The zero-order valence-corrected chi connectivity index (χ0v) is 14.0. The first-order valence-electron chi connectivity index (χ1n) is 9.09. The van der Waals surface area contributed by atoms with Crippen LogP contribution in [0.25, 0.3) is 0 Å². The van der Waals surface area contributed by atoms with Crippen molar-refractivity contribution in [2.24, 2.45) is 0 Å². The number of aromatic amines is 1. The number of aryl methyl sites for hydroxylation is 1. The molecule has 0 aromatic carbocycles. The van der Waals surface area contributed by atoms with Crippen molar-refractivity contribution in [3.63, 3.8) is 0 Å². The van der Waals surface area contributed by atoms with Crippen LogP contribution < -0.4 is 5.32 Å². The average Bonchev–Trinajstić information content (AvgIpc) is 3.06. The van der Waals surface area contributed by atoms with Gasteiger partial charge in [0.05, 0.1) is 6.54 Å². The Morgan fingerprint density at radius 1 is 1.17 bits per heavy atom. The van der Waals surface area contributed by atoms with Crippen LogP contribution >= 0.6 is 0 Å². The molecule has 2 fully saturated rings. The summed E-state index contributed by atoms with van der Waals surface area (Å²) in [5.41, 5.74) is 2.86. The van der Waals surface area contributed by atoms with Crippen molar-refractivity contribution in [2.75, 3.05) is 32.7 Å². The molecule has 2 amide bonds. The van der Waals surface area contributed by atoms with Gasteiger partial charge < -0.3 is 15.1 Å². The number of piperidine rings is 1. The van der Waals surface area contributed by atoms with Crippen LogP contribution in [0.1, 0.15) is 47.4 Å². The molecule has 0 radical (unpaired) electrons.